The maximum atomic E-state index is 12.8. The quantitative estimate of drug-likeness (QED) is 0.883. The van der Waals surface area contributed by atoms with Crippen molar-refractivity contribution in [3.63, 3.8) is 0 Å². The van der Waals surface area contributed by atoms with E-state index in [-0.39, 0.29) is 5.82 Å². The zero-order valence-electron chi connectivity index (χ0n) is 11.3. The molecule has 0 aliphatic carbocycles. The lowest BCUT2D eigenvalue weighted by atomic mass is 10.0. The van der Waals surface area contributed by atoms with E-state index in [1.165, 1.54) is 43.6 Å². The van der Waals surface area contributed by atoms with E-state index in [9.17, 15) is 4.39 Å². The van der Waals surface area contributed by atoms with Gasteiger partial charge < -0.3 is 10.2 Å². The second-order valence-electron chi connectivity index (χ2n) is 5.48. The van der Waals surface area contributed by atoms with Crippen LogP contribution in [-0.2, 0) is 6.42 Å². The number of piperidine rings is 1. The molecule has 1 aromatic rings. The van der Waals surface area contributed by atoms with E-state index in [1.54, 1.807) is 0 Å². The van der Waals surface area contributed by atoms with Crippen LogP contribution in [0.5, 0.6) is 0 Å². The van der Waals surface area contributed by atoms with Crippen LogP contribution in [0.4, 0.5) is 4.39 Å². The molecule has 3 heteroatoms. The summed E-state index contributed by atoms with van der Waals surface area (Å²) in [4.78, 5) is 2.38. The van der Waals surface area contributed by atoms with E-state index in [4.69, 9.17) is 0 Å². The van der Waals surface area contributed by atoms with Crippen LogP contribution in [0, 0.1) is 5.82 Å². The molecule has 100 valence electrons. The summed E-state index contributed by atoms with van der Waals surface area (Å²) in [6.07, 6.45) is 3.42. The van der Waals surface area contributed by atoms with Gasteiger partial charge >= 0.3 is 0 Å². The molecule has 0 amide bonds. The molecule has 1 unspecified atom stereocenters. The highest BCUT2D eigenvalue weighted by molar-refractivity contribution is 5.17. The number of likely N-dealkylation sites (tertiary alicyclic amines) is 1. The van der Waals surface area contributed by atoms with Crippen molar-refractivity contribution >= 4 is 0 Å². The van der Waals surface area contributed by atoms with Crippen molar-refractivity contribution in [3.8, 4) is 0 Å². The monoisotopic (exact) mass is 250 g/mol. The summed E-state index contributed by atoms with van der Waals surface area (Å²) in [5.74, 6) is -0.158. The van der Waals surface area contributed by atoms with E-state index in [1.807, 2.05) is 12.1 Å². The molecule has 1 atom stereocenters. The molecule has 1 aliphatic heterocycles. The van der Waals surface area contributed by atoms with Crippen molar-refractivity contribution in [2.45, 2.75) is 38.3 Å². The molecule has 18 heavy (non-hydrogen) atoms. The molecule has 1 N–H and O–H groups in total. The highest BCUT2D eigenvalue weighted by Gasteiger charge is 2.18. The zero-order chi connectivity index (χ0) is 13.0. The fourth-order valence-corrected chi connectivity index (χ4v) is 2.61. The van der Waals surface area contributed by atoms with Gasteiger partial charge in [-0.05, 0) is 64.0 Å². The molecule has 1 heterocycles. The molecular weight excluding hydrogens is 227 g/mol. The molecule has 0 aromatic heterocycles. The third-order valence-electron chi connectivity index (χ3n) is 3.69. The van der Waals surface area contributed by atoms with Crippen LogP contribution in [-0.4, -0.2) is 37.1 Å². The lowest BCUT2D eigenvalue weighted by molar-refractivity contribution is 0.226. The Morgan fingerprint density at radius 3 is 2.50 bits per heavy atom. The second kappa shape index (κ2) is 6.30. The highest BCUT2D eigenvalue weighted by Crippen LogP contribution is 2.11. The number of halogens is 1. The predicted molar refractivity (Wildman–Crippen MR) is 73.2 cm³/mol. The number of rotatable bonds is 4. The molecule has 1 aromatic carbocycles. The van der Waals surface area contributed by atoms with Crippen LogP contribution >= 0.6 is 0 Å². The Balaban J connectivity index is 1.78. The molecule has 0 spiro atoms. The Bertz CT molecular complexity index is 355. The van der Waals surface area contributed by atoms with Crippen LogP contribution in [0.1, 0.15) is 25.3 Å². The summed E-state index contributed by atoms with van der Waals surface area (Å²) >= 11 is 0. The lowest BCUT2D eigenvalue weighted by Gasteiger charge is -2.31. The van der Waals surface area contributed by atoms with Gasteiger partial charge in [0.15, 0.2) is 0 Å². The van der Waals surface area contributed by atoms with Crippen molar-refractivity contribution in [2.24, 2.45) is 0 Å². The van der Waals surface area contributed by atoms with Crippen LogP contribution in [0.3, 0.4) is 0 Å². The first kappa shape index (κ1) is 13.5. The average molecular weight is 250 g/mol. The Hall–Kier alpha value is -0.930. The van der Waals surface area contributed by atoms with Gasteiger partial charge in [0.25, 0.3) is 0 Å². The number of benzene rings is 1. The minimum absolute atomic E-state index is 0.158. The fourth-order valence-electron chi connectivity index (χ4n) is 2.61. The maximum absolute atomic E-state index is 12.8. The normalized spacial score (nSPS) is 19.9. The van der Waals surface area contributed by atoms with E-state index in [0.717, 1.165) is 6.42 Å². The summed E-state index contributed by atoms with van der Waals surface area (Å²) in [7, 11) is 2.18. The molecular formula is C15H23FN2. The van der Waals surface area contributed by atoms with Crippen molar-refractivity contribution in [3.05, 3.63) is 35.6 Å². The molecule has 1 saturated heterocycles. The first-order valence-electron chi connectivity index (χ1n) is 6.82. The van der Waals surface area contributed by atoms with Gasteiger partial charge in [-0.15, -0.1) is 0 Å². The van der Waals surface area contributed by atoms with Gasteiger partial charge in [-0.2, -0.15) is 0 Å². The summed E-state index contributed by atoms with van der Waals surface area (Å²) < 4.78 is 12.8. The summed E-state index contributed by atoms with van der Waals surface area (Å²) in [5, 5.41) is 3.68. The summed E-state index contributed by atoms with van der Waals surface area (Å²) in [6, 6.07) is 7.92. The molecule has 0 radical (unpaired) electrons. The minimum atomic E-state index is -0.158. The van der Waals surface area contributed by atoms with Gasteiger partial charge in [0.05, 0.1) is 0 Å². The van der Waals surface area contributed by atoms with E-state index in [2.05, 4.69) is 24.2 Å². The Kier molecular flexibility index (Phi) is 4.72. The Labute approximate surface area is 109 Å². The molecule has 1 fully saturated rings. The lowest BCUT2D eigenvalue weighted by Crippen LogP contribution is -2.44. The standard InChI is InChI=1S/C15H23FN2/c1-12(11-13-3-5-14(16)6-4-13)17-15-7-9-18(2)10-8-15/h3-6,12,15,17H,7-11H2,1-2H3. The van der Waals surface area contributed by atoms with Crippen molar-refractivity contribution < 1.29 is 4.39 Å². The van der Waals surface area contributed by atoms with Crippen LogP contribution in [0.25, 0.3) is 0 Å². The molecule has 1 aliphatic rings. The number of hydrogen-bond acceptors (Lipinski definition) is 2. The summed E-state index contributed by atoms with van der Waals surface area (Å²) in [6.45, 7) is 4.57. The molecule has 2 nitrogen and oxygen atoms in total. The van der Waals surface area contributed by atoms with Gasteiger partial charge in [-0.1, -0.05) is 12.1 Å². The largest absolute Gasteiger partial charge is 0.311 e. The number of nitrogens with zero attached hydrogens (tertiary/aromatic N) is 1. The number of hydrogen-bond donors (Lipinski definition) is 1. The van der Waals surface area contributed by atoms with E-state index >= 15 is 0 Å². The van der Waals surface area contributed by atoms with Gasteiger partial charge in [0.1, 0.15) is 5.82 Å². The predicted octanol–water partition coefficient (Wildman–Crippen LogP) is 2.44. The zero-order valence-corrected chi connectivity index (χ0v) is 11.3. The Morgan fingerprint density at radius 2 is 1.89 bits per heavy atom. The maximum Gasteiger partial charge on any atom is 0.123 e. The Morgan fingerprint density at radius 1 is 1.28 bits per heavy atom. The van der Waals surface area contributed by atoms with E-state index in [0.29, 0.717) is 12.1 Å². The average Bonchev–Trinajstić information content (AvgIpc) is 2.35. The van der Waals surface area contributed by atoms with Crippen molar-refractivity contribution in [1.82, 2.24) is 10.2 Å². The van der Waals surface area contributed by atoms with Gasteiger partial charge in [0, 0.05) is 12.1 Å². The number of nitrogens with one attached hydrogen (secondary N) is 1. The highest BCUT2D eigenvalue weighted by atomic mass is 19.1. The SMILES string of the molecule is CC(Cc1ccc(F)cc1)NC1CCN(C)CC1. The van der Waals surface area contributed by atoms with Crippen LogP contribution < -0.4 is 5.32 Å². The topological polar surface area (TPSA) is 15.3 Å². The van der Waals surface area contributed by atoms with Crippen molar-refractivity contribution in [2.75, 3.05) is 20.1 Å². The van der Waals surface area contributed by atoms with Gasteiger partial charge in [-0.25, -0.2) is 4.39 Å². The van der Waals surface area contributed by atoms with Gasteiger partial charge in [0.2, 0.25) is 0 Å². The van der Waals surface area contributed by atoms with Crippen molar-refractivity contribution in [1.29, 1.82) is 0 Å². The van der Waals surface area contributed by atoms with Gasteiger partial charge in [-0.3, -0.25) is 0 Å². The third kappa shape index (κ3) is 4.07. The third-order valence-corrected chi connectivity index (χ3v) is 3.69. The minimum Gasteiger partial charge on any atom is -0.311 e. The second-order valence-corrected chi connectivity index (χ2v) is 5.48. The fraction of sp³-hybridized carbons (Fsp3) is 0.600. The molecule has 2 rings (SSSR count). The van der Waals surface area contributed by atoms with Crippen LogP contribution in [0.2, 0.25) is 0 Å². The summed E-state index contributed by atoms with van der Waals surface area (Å²) in [5.41, 5.74) is 1.20. The first-order valence-corrected chi connectivity index (χ1v) is 6.82. The van der Waals surface area contributed by atoms with Crippen LogP contribution in [0.15, 0.2) is 24.3 Å². The smallest absolute Gasteiger partial charge is 0.123 e. The van der Waals surface area contributed by atoms with E-state index < -0.39 is 0 Å². The molecule has 0 bridgehead atoms. The first-order chi connectivity index (χ1) is 8.63. The molecule has 0 saturated carbocycles.